The van der Waals surface area contributed by atoms with Crippen LogP contribution in [-0.2, 0) is 11.4 Å². The lowest BCUT2D eigenvalue weighted by molar-refractivity contribution is -0.116. The number of nitrogens with one attached hydrogen (secondary N) is 2. The van der Waals surface area contributed by atoms with Crippen molar-refractivity contribution in [3.05, 3.63) is 112 Å². The Kier molecular flexibility index (Phi) is 5.25. The number of nitrogens with zero attached hydrogens (tertiary/aromatic N) is 1. The van der Waals surface area contributed by atoms with Crippen molar-refractivity contribution >= 4 is 11.7 Å². The lowest BCUT2D eigenvalue weighted by Gasteiger charge is -2.24. The number of ether oxygens (including phenoxy) is 1. The fourth-order valence-corrected chi connectivity index (χ4v) is 3.93. The van der Waals surface area contributed by atoms with Crippen LogP contribution in [0.2, 0.25) is 0 Å². The van der Waals surface area contributed by atoms with Crippen molar-refractivity contribution in [2.24, 2.45) is 0 Å². The first kappa shape index (κ1) is 19.8. The van der Waals surface area contributed by atoms with Crippen molar-refractivity contribution in [2.45, 2.75) is 18.9 Å². The molecule has 1 aliphatic heterocycles. The molecule has 0 radical (unpaired) electrons. The molecule has 1 aromatic heterocycles. The summed E-state index contributed by atoms with van der Waals surface area (Å²) in [4.78, 5) is 32.8. The molecule has 2 heterocycles. The largest absolute Gasteiger partial charge is 0.489 e. The van der Waals surface area contributed by atoms with E-state index in [0.717, 1.165) is 22.4 Å². The van der Waals surface area contributed by atoms with Gasteiger partial charge in [0.2, 0.25) is 5.91 Å². The van der Waals surface area contributed by atoms with Crippen molar-refractivity contribution < 1.29 is 9.53 Å². The van der Waals surface area contributed by atoms with E-state index in [1.54, 1.807) is 0 Å². The zero-order valence-electron chi connectivity index (χ0n) is 17.2. The Morgan fingerprint density at radius 2 is 1.56 bits per heavy atom. The van der Waals surface area contributed by atoms with E-state index >= 15 is 0 Å². The van der Waals surface area contributed by atoms with Crippen LogP contribution in [0.1, 0.15) is 29.0 Å². The summed E-state index contributed by atoms with van der Waals surface area (Å²) >= 11 is 0. The third-order valence-corrected chi connectivity index (χ3v) is 5.53. The van der Waals surface area contributed by atoms with Crippen LogP contribution in [0.3, 0.4) is 0 Å². The number of anilines is 1. The topological polar surface area (TPSA) is 84.1 Å². The van der Waals surface area contributed by atoms with Crippen LogP contribution in [-0.4, -0.2) is 15.9 Å². The molecular formula is C26H21N3O3. The molecule has 4 aromatic rings. The highest BCUT2D eigenvalue weighted by Gasteiger charge is 2.31. The number of hydrogen-bond donors (Lipinski definition) is 2. The molecule has 158 valence electrons. The average molecular weight is 423 g/mol. The zero-order chi connectivity index (χ0) is 21.9. The number of fused-ring (bicyclic) bond motifs is 1. The van der Waals surface area contributed by atoms with Crippen molar-refractivity contribution in [2.75, 3.05) is 5.32 Å². The maximum absolute atomic E-state index is 13.0. The Morgan fingerprint density at radius 3 is 2.28 bits per heavy atom. The summed E-state index contributed by atoms with van der Waals surface area (Å²) in [6.07, 6.45) is 0.187. The van der Waals surface area contributed by atoms with Gasteiger partial charge in [-0.05, 0) is 23.3 Å². The quantitative estimate of drug-likeness (QED) is 0.495. The van der Waals surface area contributed by atoms with E-state index in [-0.39, 0.29) is 23.8 Å². The van der Waals surface area contributed by atoms with E-state index in [2.05, 4.69) is 15.3 Å². The minimum absolute atomic E-state index is 0.163. The van der Waals surface area contributed by atoms with E-state index in [9.17, 15) is 9.59 Å². The Balaban J connectivity index is 1.42. The number of aromatic nitrogens is 2. The highest BCUT2D eigenvalue weighted by Crippen LogP contribution is 2.35. The lowest BCUT2D eigenvalue weighted by atomic mass is 9.87. The first-order valence-corrected chi connectivity index (χ1v) is 10.4. The molecule has 1 unspecified atom stereocenters. The van der Waals surface area contributed by atoms with Crippen LogP contribution < -0.4 is 15.6 Å². The maximum Gasteiger partial charge on any atom is 0.257 e. The van der Waals surface area contributed by atoms with E-state index in [1.807, 2.05) is 84.9 Å². The Labute approximate surface area is 184 Å². The SMILES string of the molecule is O=C1CC(c2ccc(OCc3ccccc3)cc2)c2c(nc(-c3ccccc3)[nH]c2=O)N1. The summed E-state index contributed by atoms with van der Waals surface area (Å²) in [5.41, 5.74) is 2.96. The van der Waals surface area contributed by atoms with Gasteiger partial charge < -0.3 is 15.0 Å². The molecule has 5 rings (SSSR count). The molecule has 1 aliphatic rings. The smallest absolute Gasteiger partial charge is 0.257 e. The fraction of sp³-hybridized carbons (Fsp3) is 0.115. The van der Waals surface area contributed by atoms with Crippen LogP contribution in [0.15, 0.2) is 89.7 Å². The molecule has 0 bridgehead atoms. The summed E-state index contributed by atoms with van der Waals surface area (Å²) in [6.45, 7) is 0.473. The number of carbonyl (C=O) groups excluding carboxylic acids is 1. The van der Waals surface area contributed by atoms with E-state index in [1.165, 1.54) is 0 Å². The number of aromatic amines is 1. The highest BCUT2D eigenvalue weighted by molar-refractivity contribution is 5.94. The molecule has 1 atom stereocenters. The second-order valence-electron chi connectivity index (χ2n) is 7.69. The highest BCUT2D eigenvalue weighted by atomic mass is 16.5. The van der Waals surface area contributed by atoms with Crippen molar-refractivity contribution in [1.82, 2.24) is 9.97 Å². The van der Waals surface area contributed by atoms with Gasteiger partial charge in [0.15, 0.2) is 0 Å². The van der Waals surface area contributed by atoms with Crippen molar-refractivity contribution in [3.8, 4) is 17.1 Å². The number of benzene rings is 3. The number of amides is 1. The number of carbonyl (C=O) groups is 1. The molecule has 0 spiro atoms. The molecule has 2 N–H and O–H groups in total. The maximum atomic E-state index is 13.0. The van der Waals surface area contributed by atoms with Crippen LogP contribution in [0.4, 0.5) is 5.82 Å². The zero-order valence-corrected chi connectivity index (χ0v) is 17.2. The van der Waals surface area contributed by atoms with E-state index < -0.39 is 0 Å². The Hall–Kier alpha value is -4.19. The first-order chi connectivity index (χ1) is 15.7. The van der Waals surface area contributed by atoms with Crippen LogP contribution in [0, 0.1) is 0 Å². The standard InChI is InChI=1S/C26H21N3O3/c30-22-15-21(18-11-13-20(14-12-18)32-16-17-7-3-1-4-8-17)23-25(27-22)28-24(29-26(23)31)19-9-5-2-6-10-19/h1-14,21H,15-16H2,(H2,27,28,29,30,31). The van der Waals surface area contributed by atoms with Gasteiger partial charge in [-0.25, -0.2) is 4.98 Å². The summed E-state index contributed by atoms with van der Waals surface area (Å²) in [7, 11) is 0. The summed E-state index contributed by atoms with van der Waals surface area (Å²) in [5, 5.41) is 2.77. The van der Waals surface area contributed by atoms with Crippen molar-refractivity contribution in [3.63, 3.8) is 0 Å². The molecule has 0 saturated heterocycles. The fourth-order valence-electron chi connectivity index (χ4n) is 3.93. The summed E-state index contributed by atoms with van der Waals surface area (Å²) in [5.74, 6) is 0.940. The van der Waals surface area contributed by atoms with Gasteiger partial charge in [-0.3, -0.25) is 9.59 Å². The molecule has 6 nitrogen and oxygen atoms in total. The van der Waals surface area contributed by atoms with Gasteiger partial charge in [0.05, 0.1) is 5.56 Å². The minimum atomic E-state index is -0.372. The van der Waals surface area contributed by atoms with E-state index in [4.69, 9.17) is 4.74 Å². The number of rotatable bonds is 5. The van der Waals surface area contributed by atoms with Gasteiger partial charge in [0, 0.05) is 17.9 Å². The van der Waals surface area contributed by atoms with Crippen LogP contribution in [0.5, 0.6) is 5.75 Å². The third-order valence-electron chi connectivity index (χ3n) is 5.53. The second-order valence-corrected chi connectivity index (χ2v) is 7.69. The Bertz CT molecular complexity index is 1300. The van der Waals surface area contributed by atoms with Crippen LogP contribution in [0.25, 0.3) is 11.4 Å². The lowest BCUT2D eigenvalue weighted by Crippen LogP contribution is -2.31. The van der Waals surface area contributed by atoms with Crippen molar-refractivity contribution in [1.29, 1.82) is 0 Å². The first-order valence-electron chi connectivity index (χ1n) is 10.4. The van der Waals surface area contributed by atoms with Gasteiger partial charge in [-0.1, -0.05) is 72.8 Å². The summed E-state index contributed by atoms with van der Waals surface area (Å²) < 4.78 is 5.85. The molecule has 1 amide bonds. The van der Waals surface area contributed by atoms with Gasteiger partial charge >= 0.3 is 0 Å². The van der Waals surface area contributed by atoms with Gasteiger partial charge in [-0.2, -0.15) is 0 Å². The van der Waals surface area contributed by atoms with Crippen LogP contribution >= 0.6 is 0 Å². The van der Waals surface area contributed by atoms with Gasteiger partial charge in [-0.15, -0.1) is 0 Å². The predicted molar refractivity (Wildman–Crippen MR) is 123 cm³/mol. The predicted octanol–water partition coefficient (Wildman–Crippen LogP) is 4.49. The normalized spacial score (nSPS) is 15.0. The molecule has 32 heavy (non-hydrogen) atoms. The monoisotopic (exact) mass is 423 g/mol. The van der Waals surface area contributed by atoms with Gasteiger partial charge in [0.1, 0.15) is 24.0 Å². The molecule has 3 aromatic carbocycles. The minimum Gasteiger partial charge on any atom is -0.489 e. The average Bonchev–Trinajstić information content (AvgIpc) is 2.83. The molecule has 6 heteroatoms. The number of hydrogen-bond acceptors (Lipinski definition) is 4. The molecule has 0 fully saturated rings. The molecule has 0 aliphatic carbocycles. The molecule has 0 saturated carbocycles. The van der Waals surface area contributed by atoms with E-state index in [0.29, 0.717) is 23.8 Å². The summed E-state index contributed by atoms with van der Waals surface area (Å²) in [6, 6.07) is 26.8. The second kappa shape index (κ2) is 8.51. The Morgan fingerprint density at radius 1 is 0.875 bits per heavy atom. The molecular weight excluding hydrogens is 402 g/mol. The van der Waals surface area contributed by atoms with Gasteiger partial charge in [0.25, 0.3) is 5.56 Å². The third kappa shape index (κ3) is 4.03. The number of H-pyrrole nitrogens is 1.